The summed E-state index contributed by atoms with van der Waals surface area (Å²) in [5.74, 6) is -3.07. The molecule has 0 saturated heterocycles. The van der Waals surface area contributed by atoms with Gasteiger partial charge in [0.05, 0.1) is 30.1 Å². The third-order valence-corrected chi connectivity index (χ3v) is 5.32. The van der Waals surface area contributed by atoms with Crippen LogP contribution in [-0.4, -0.2) is 42.5 Å². The number of nitrogens with one attached hydrogen (secondary N) is 2. The number of non-ortho nitro benzene ring substituents is 1. The van der Waals surface area contributed by atoms with Gasteiger partial charge in [-0.2, -0.15) is 0 Å². The second kappa shape index (κ2) is 10.8. The Morgan fingerprint density at radius 2 is 1.82 bits per heavy atom. The van der Waals surface area contributed by atoms with Gasteiger partial charge in [-0.05, 0) is 32.3 Å². The number of allylic oxidation sites excluding steroid dienone is 2. The molecule has 0 bridgehead atoms. The van der Waals surface area contributed by atoms with Crippen molar-refractivity contribution in [2.75, 3.05) is 13.7 Å². The molecule has 2 N–H and O–H groups in total. The van der Waals surface area contributed by atoms with Gasteiger partial charge < -0.3 is 20.1 Å². The minimum Gasteiger partial charge on any atom is -0.466 e. The highest BCUT2D eigenvalue weighted by Gasteiger charge is 2.39. The zero-order chi connectivity index (χ0) is 24.9. The lowest BCUT2D eigenvalue weighted by atomic mass is 9.79. The average molecular weight is 459 g/mol. The second-order valence-corrected chi connectivity index (χ2v) is 7.93. The average Bonchev–Trinajstić information content (AvgIpc) is 2.76. The first-order valence-corrected chi connectivity index (χ1v) is 10.5. The van der Waals surface area contributed by atoms with E-state index >= 15 is 0 Å². The highest BCUT2D eigenvalue weighted by Crippen LogP contribution is 2.39. The van der Waals surface area contributed by atoms with Crippen molar-refractivity contribution in [3.63, 3.8) is 0 Å². The summed E-state index contributed by atoms with van der Waals surface area (Å²) in [6.07, 6.45) is 0. The minimum absolute atomic E-state index is 0.144. The molecule has 1 aliphatic heterocycles. The standard InChI is InChI=1S/C23H29N3O7/c1-7-33-23(29)20(12(2)3)25-21(27)17-13(4)24-14(5)18(22(28)32-6)19(17)15-9-8-10-16(11-15)26(30)31/h8-12,19-20,24H,7H2,1-6H3,(H,25,27)/t19-,20-/m0/s1. The molecule has 0 fully saturated rings. The van der Waals surface area contributed by atoms with Gasteiger partial charge in [0.15, 0.2) is 0 Å². The summed E-state index contributed by atoms with van der Waals surface area (Å²) in [6.45, 7) is 8.68. The number of rotatable bonds is 8. The molecule has 0 saturated carbocycles. The predicted octanol–water partition coefficient (Wildman–Crippen LogP) is 2.71. The van der Waals surface area contributed by atoms with Gasteiger partial charge in [0, 0.05) is 29.1 Å². The minimum atomic E-state index is -0.950. The number of carbonyl (C=O) groups is 3. The summed E-state index contributed by atoms with van der Waals surface area (Å²) in [4.78, 5) is 49.4. The summed E-state index contributed by atoms with van der Waals surface area (Å²) < 4.78 is 10.0. The molecule has 1 heterocycles. The van der Waals surface area contributed by atoms with E-state index in [0.29, 0.717) is 17.0 Å². The maximum atomic E-state index is 13.5. The molecule has 2 atom stereocenters. The third-order valence-electron chi connectivity index (χ3n) is 5.32. The van der Waals surface area contributed by atoms with Gasteiger partial charge in [-0.25, -0.2) is 9.59 Å². The van der Waals surface area contributed by atoms with Crippen LogP contribution >= 0.6 is 0 Å². The van der Waals surface area contributed by atoms with Crippen molar-refractivity contribution in [3.05, 3.63) is 62.5 Å². The van der Waals surface area contributed by atoms with Crippen molar-refractivity contribution < 1.29 is 28.8 Å². The normalized spacial score (nSPS) is 16.8. The van der Waals surface area contributed by atoms with E-state index in [-0.39, 0.29) is 29.4 Å². The van der Waals surface area contributed by atoms with Crippen molar-refractivity contribution in [2.45, 2.75) is 46.6 Å². The zero-order valence-electron chi connectivity index (χ0n) is 19.6. The summed E-state index contributed by atoms with van der Waals surface area (Å²) >= 11 is 0. The van der Waals surface area contributed by atoms with Crippen LogP contribution in [0.15, 0.2) is 46.8 Å². The number of ether oxygens (including phenoxy) is 2. The quantitative estimate of drug-likeness (QED) is 0.344. The van der Waals surface area contributed by atoms with Crippen LogP contribution in [0.5, 0.6) is 0 Å². The Morgan fingerprint density at radius 3 is 2.36 bits per heavy atom. The number of hydrogen-bond donors (Lipinski definition) is 2. The lowest BCUT2D eigenvalue weighted by Gasteiger charge is -2.31. The number of nitrogens with zero attached hydrogens (tertiary/aromatic N) is 1. The van der Waals surface area contributed by atoms with Gasteiger partial charge in [-0.3, -0.25) is 14.9 Å². The number of nitro benzene ring substituents is 1. The number of amides is 1. The number of carbonyl (C=O) groups excluding carboxylic acids is 3. The first kappa shape index (κ1) is 25.6. The molecule has 178 valence electrons. The highest BCUT2D eigenvalue weighted by atomic mass is 16.6. The van der Waals surface area contributed by atoms with Crippen molar-refractivity contribution in [3.8, 4) is 0 Å². The molecule has 1 amide bonds. The van der Waals surface area contributed by atoms with E-state index in [9.17, 15) is 24.5 Å². The first-order chi connectivity index (χ1) is 15.5. The van der Waals surface area contributed by atoms with Crippen molar-refractivity contribution >= 4 is 23.5 Å². The van der Waals surface area contributed by atoms with Crippen LogP contribution in [0.2, 0.25) is 0 Å². The molecular formula is C23H29N3O7. The molecular weight excluding hydrogens is 430 g/mol. The van der Waals surface area contributed by atoms with E-state index < -0.39 is 34.7 Å². The fourth-order valence-corrected chi connectivity index (χ4v) is 3.78. The molecule has 0 radical (unpaired) electrons. The van der Waals surface area contributed by atoms with Crippen LogP contribution in [0.25, 0.3) is 0 Å². The summed E-state index contributed by atoms with van der Waals surface area (Å²) in [5.41, 5.74) is 1.38. The van der Waals surface area contributed by atoms with Crippen molar-refractivity contribution in [1.82, 2.24) is 10.6 Å². The lowest BCUT2D eigenvalue weighted by Crippen LogP contribution is -2.47. The number of nitro groups is 1. The molecule has 1 aliphatic rings. The molecule has 0 unspecified atom stereocenters. The molecule has 1 aromatic rings. The maximum Gasteiger partial charge on any atom is 0.336 e. The number of dihydropyridines is 1. The van der Waals surface area contributed by atoms with Crippen molar-refractivity contribution in [2.24, 2.45) is 5.92 Å². The Bertz CT molecular complexity index is 1030. The lowest BCUT2D eigenvalue weighted by molar-refractivity contribution is -0.384. The molecule has 10 nitrogen and oxygen atoms in total. The van der Waals surface area contributed by atoms with E-state index in [4.69, 9.17) is 9.47 Å². The summed E-state index contributed by atoms with van der Waals surface area (Å²) in [5, 5.41) is 17.1. The zero-order valence-corrected chi connectivity index (χ0v) is 19.6. The number of benzene rings is 1. The smallest absolute Gasteiger partial charge is 0.336 e. The fourth-order valence-electron chi connectivity index (χ4n) is 3.78. The molecule has 2 rings (SSSR count). The molecule has 0 spiro atoms. The highest BCUT2D eigenvalue weighted by molar-refractivity contribution is 6.03. The molecule has 33 heavy (non-hydrogen) atoms. The van der Waals surface area contributed by atoms with Gasteiger partial charge in [0.25, 0.3) is 11.6 Å². The van der Waals surface area contributed by atoms with E-state index in [1.165, 1.54) is 25.3 Å². The molecule has 1 aromatic carbocycles. The van der Waals surface area contributed by atoms with E-state index in [1.54, 1.807) is 40.7 Å². The van der Waals surface area contributed by atoms with E-state index in [2.05, 4.69) is 10.6 Å². The van der Waals surface area contributed by atoms with Crippen molar-refractivity contribution in [1.29, 1.82) is 0 Å². The Balaban J connectivity index is 2.62. The topological polar surface area (TPSA) is 137 Å². The van der Waals surface area contributed by atoms with E-state index in [0.717, 1.165) is 0 Å². The first-order valence-electron chi connectivity index (χ1n) is 10.5. The SMILES string of the molecule is CCOC(=O)[C@@H](NC(=O)C1=C(C)NC(C)=C(C(=O)OC)[C@H]1c1cccc([N+](=O)[O-])c1)C(C)C. The summed E-state index contributed by atoms with van der Waals surface area (Å²) in [7, 11) is 1.22. The van der Waals surface area contributed by atoms with E-state index in [1.807, 2.05) is 0 Å². The van der Waals surface area contributed by atoms with Gasteiger partial charge in [-0.15, -0.1) is 0 Å². The van der Waals surface area contributed by atoms with Gasteiger partial charge >= 0.3 is 11.9 Å². The Hall–Kier alpha value is -3.69. The van der Waals surface area contributed by atoms with Crippen LogP contribution in [0.3, 0.4) is 0 Å². The Labute approximate surface area is 192 Å². The summed E-state index contributed by atoms with van der Waals surface area (Å²) in [6, 6.07) is 4.81. The number of hydrogen-bond acceptors (Lipinski definition) is 8. The Morgan fingerprint density at radius 1 is 1.18 bits per heavy atom. The van der Waals surface area contributed by atoms with Gasteiger partial charge in [0.1, 0.15) is 6.04 Å². The fraction of sp³-hybridized carbons (Fsp3) is 0.435. The number of methoxy groups -OCH3 is 1. The monoisotopic (exact) mass is 459 g/mol. The Kier molecular flexibility index (Phi) is 8.33. The maximum absolute atomic E-state index is 13.5. The third kappa shape index (κ3) is 5.57. The molecule has 10 heteroatoms. The van der Waals surface area contributed by atoms with Crippen LogP contribution in [-0.2, 0) is 23.9 Å². The molecule has 0 aliphatic carbocycles. The van der Waals surface area contributed by atoms with Crippen LogP contribution in [0, 0.1) is 16.0 Å². The molecule has 0 aromatic heterocycles. The second-order valence-electron chi connectivity index (χ2n) is 7.93. The largest absolute Gasteiger partial charge is 0.466 e. The van der Waals surface area contributed by atoms with Crippen LogP contribution in [0.4, 0.5) is 5.69 Å². The van der Waals surface area contributed by atoms with Crippen LogP contribution < -0.4 is 10.6 Å². The van der Waals surface area contributed by atoms with Gasteiger partial charge in [0.2, 0.25) is 0 Å². The predicted molar refractivity (Wildman–Crippen MR) is 120 cm³/mol. The van der Waals surface area contributed by atoms with Crippen LogP contribution in [0.1, 0.15) is 46.1 Å². The van der Waals surface area contributed by atoms with Gasteiger partial charge in [-0.1, -0.05) is 26.0 Å². The number of esters is 2.